The molecule has 8 heteroatoms. The molecule has 0 unspecified atom stereocenters. The Bertz CT molecular complexity index is 839. The van der Waals surface area contributed by atoms with E-state index in [1.807, 2.05) is 0 Å². The van der Waals surface area contributed by atoms with Crippen molar-refractivity contribution < 1.29 is 9.90 Å². The Labute approximate surface area is 152 Å². The van der Waals surface area contributed by atoms with E-state index in [-0.39, 0.29) is 30.2 Å². The second kappa shape index (κ2) is 7.31. The van der Waals surface area contributed by atoms with Crippen molar-refractivity contribution in [3.63, 3.8) is 0 Å². The molecule has 1 aliphatic heterocycles. The van der Waals surface area contributed by atoms with E-state index in [4.69, 9.17) is 11.6 Å². The highest BCUT2D eigenvalue weighted by Crippen LogP contribution is 2.25. The Balaban J connectivity index is 1.79. The zero-order chi connectivity index (χ0) is 17.3. The lowest BCUT2D eigenvalue weighted by Gasteiger charge is -2.27. The second-order valence-electron chi connectivity index (χ2n) is 6.02. The molecule has 0 amide bonds. The maximum atomic E-state index is 12.5. The lowest BCUT2D eigenvalue weighted by molar-refractivity contribution is -0.121. The fraction of sp³-hybridized carbons (Fsp3) is 0.438. The zero-order valence-electron chi connectivity index (χ0n) is 12.8. The molecule has 1 aromatic heterocycles. The van der Waals surface area contributed by atoms with Gasteiger partial charge in [0.2, 0.25) is 0 Å². The highest BCUT2D eigenvalue weighted by molar-refractivity contribution is 9.10. The summed E-state index contributed by atoms with van der Waals surface area (Å²) >= 11 is 9.30. The van der Waals surface area contributed by atoms with Crippen LogP contribution in [0.3, 0.4) is 0 Å². The minimum Gasteiger partial charge on any atom is -0.393 e. The normalized spacial score (nSPS) is 21.1. The minimum absolute atomic E-state index is 0.0504. The van der Waals surface area contributed by atoms with Crippen molar-refractivity contribution in [1.29, 1.82) is 0 Å². The fourth-order valence-corrected chi connectivity index (χ4v) is 3.43. The maximum Gasteiger partial charge on any atom is 0.261 e. The summed E-state index contributed by atoms with van der Waals surface area (Å²) in [5, 5.41) is 14.0. The van der Waals surface area contributed by atoms with Crippen LogP contribution in [0.2, 0.25) is 5.02 Å². The predicted octanol–water partition coefficient (Wildman–Crippen LogP) is 1.74. The lowest BCUT2D eigenvalue weighted by Crippen LogP contribution is -2.41. The average Bonchev–Trinajstić information content (AvgIpc) is 2.54. The van der Waals surface area contributed by atoms with Gasteiger partial charge in [-0.1, -0.05) is 11.6 Å². The predicted molar refractivity (Wildman–Crippen MR) is 95.3 cm³/mol. The summed E-state index contributed by atoms with van der Waals surface area (Å²) in [5.74, 6) is -0.206. The van der Waals surface area contributed by atoms with Crippen LogP contribution >= 0.6 is 27.5 Å². The van der Waals surface area contributed by atoms with Gasteiger partial charge in [-0.2, -0.15) is 0 Å². The quantitative estimate of drug-likeness (QED) is 0.796. The molecule has 2 aromatic rings. The number of aliphatic hydroxyl groups is 1. The number of rotatable bonds is 4. The first-order valence-corrected chi connectivity index (χ1v) is 8.87. The summed E-state index contributed by atoms with van der Waals surface area (Å²) in [6.07, 6.45) is 1.77. The van der Waals surface area contributed by atoms with Gasteiger partial charge >= 0.3 is 0 Å². The van der Waals surface area contributed by atoms with Crippen LogP contribution in [0.1, 0.15) is 12.8 Å². The van der Waals surface area contributed by atoms with E-state index in [0.717, 1.165) is 6.54 Å². The van der Waals surface area contributed by atoms with Crippen molar-refractivity contribution in [3.05, 3.63) is 38.3 Å². The van der Waals surface area contributed by atoms with E-state index < -0.39 is 6.10 Å². The molecule has 0 saturated carbocycles. The molecule has 2 N–H and O–H groups in total. The number of fused-ring (bicyclic) bond motifs is 1. The Hall–Kier alpha value is -1.28. The number of ketones is 1. The Morgan fingerprint density at radius 1 is 1.50 bits per heavy atom. The third kappa shape index (κ3) is 3.69. The zero-order valence-corrected chi connectivity index (χ0v) is 15.2. The highest BCUT2D eigenvalue weighted by Gasteiger charge is 2.25. The monoisotopic (exact) mass is 413 g/mol. The first-order valence-electron chi connectivity index (χ1n) is 7.70. The van der Waals surface area contributed by atoms with Gasteiger partial charge in [-0.3, -0.25) is 14.2 Å². The number of hydrogen-bond donors (Lipinski definition) is 2. The number of Topliss-reactive ketones (excluding diaryl/α,β-unsaturated/α-hetero) is 1. The molecule has 1 aliphatic rings. The summed E-state index contributed by atoms with van der Waals surface area (Å²) in [4.78, 5) is 29.0. The van der Waals surface area contributed by atoms with Crippen molar-refractivity contribution >= 4 is 44.2 Å². The van der Waals surface area contributed by atoms with Gasteiger partial charge in [0.15, 0.2) is 5.78 Å². The number of hydrogen-bond acceptors (Lipinski definition) is 5. The number of carbonyl (C=O) groups is 1. The molecule has 128 valence electrons. The van der Waals surface area contributed by atoms with E-state index in [0.29, 0.717) is 33.4 Å². The number of piperidine rings is 1. The summed E-state index contributed by atoms with van der Waals surface area (Å²) in [7, 11) is 0. The molecule has 3 rings (SSSR count). The third-order valence-corrected chi connectivity index (χ3v) is 5.47. The molecule has 2 heterocycles. The molecular formula is C16H17BrClN3O3. The molecule has 1 aromatic carbocycles. The molecule has 0 radical (unpaired) electrons. The number of nitrogens with zero attached hydrogens (tertiary/aromatic N) is 2. The number of aromatic nitrogens is 2. The second-order valence-corrected chi connectivity index (χ2v) is 7.29. The molecule has 24 heavy (non-hydrogen) atoms. The summed E-state index contributed by atoms with van der Waals surface area (Å²) in [6, 6.07) is 3.22. The molecule has 1 fully saturated rings. The topological polar surface area (TPSA) is 84.2 Å². The van der Waals surface area contributed by atoms with Gasteiger partial charge in [0, 0.05) is 23.4 Å². The molecule has 0 spiro atoms. The average molecular weight is 415 g/mol. The van der Waals surface area contributed by atoms with E-state index in [9.17, 15) is 14.7 Å². The fourth-order valence-electron chi connectivity index (χ4n) is 2.93. The van der Waals surface area contributed by atoms with Gasteiger partial charge in [0.1, 0.15) is 0 Å². The number of benzene rings is 1. The van der Waals surface area contributed by atoms with Crippen LogP contribution in [-0.4, -0.2) is 39.6 Å². The summed E-state index contributed by atoms with van der Waals surface area (Å²) in [5.41, 5.74) is 0.205. The molecule has 0 aliphatic carbocycles. The van der Waals surface area contributed by atoms with Crippen molar-refractivity contribution in [2.24, 2.45) is 5.92 Å². The summed E-state index contributed by atoms with van der Waals surface area (Å²) in [6.45, 7) is 1.33. The largest absolute Gasteiger partial charge is 0.393 e. The van der Waals surface area contributed by atoms with Crippen LogP contribution in [0.5, 0.6) is 0 Å². The van der Waals surface area contributed by atoms with E-state index in [1.54, 1.807) is 12.1 Å². The smallest absolute Gasteiger partial charge is 0.261 e. The lowest BCUT2D eigenvalue weighted by atomic mass is 9.91. The first-order chi connectivity index (χ1) is 11.5. The molecule has 0 bridgehead atoms. The number of aliphatic hydroxyl groups excluding tert-OH is 1. The van der Waals surface area contributed by atoms with E-state index >= 15 is 0 Å². The van der Waals surface area contributed by atoms with Crippen LogP contribution in [0.4, 0.5) is 0 Å². The molecule has 6 nitrogen and oxygen atoms in total. The first kappa shape index (κ1) is 17.5. The maximum absolute atomic E-state index is 12.5. The molecule has 2 atom stereocenters. The Kier molecular flexibility index (Phi) is 5.34. The minimum atomic E-state index is -0.472. The van der Waals surface area contributed by atoms with Crippen molar-refractivity contribution in [2.45, 2.75) is 25.5 Å². The van der Waals surface area contributed by atoms with Gasteiger partial charge in [0.25, 0.3) is 5.56 Å². The van der Waals surface area contributed by atoms with Crippen LogP contribution in [-0.2, 0) is 11.3 Å². The van der Waals surface area contributed by atoms with Crippen molar-refractivity contribution in [3.8, 4) is 0 Å². The van der Waals surface area contributed by atoms with Crippen molar-refractivity contribution in [1.82, 2.24) is 14.9 Å². The summed E-state index contributed by atoms with van der Waals surface area (Å²) < 4.78 is 1.91. The molecule has 1 saturated heterocycles. The van der Waals surface area contributed by atoms with Crippen LogP contribution in [0.15, 0.2) is 27.7 Å². The standard InChI is InChI=1S/C16H17BrClN3O3/c17-12-4-11-14(5-13(12)18)20-8-21(16(11)24)7-10(22)3-9-6-19-2-1-15(9)23/h4-5,8-9,15,19,23H,1-3,6-7H2/t9-,15-/m1/s1. The highest BCUT2D eigenvalue weighted by atomic mass is 79.9. The number of halogens is 2. The van der Waals surface area contributed by atoms with Gasteiger partial charge < -0.3 is 10.4 Å². The van der Waals surface area contributed by atoms with Gasteiger partial charge in [-0.05, 0) is 41.0 Å². The molecular weight excluding hydrogens is 398 g/mol. The third-order valence-electron chi connectivity index (χ3n) is 4.27. The van der Waals surface area contributed by atoms with Crippen LogP contribution < -0.4 is 10.9 Å². The Morgan fingerprint density at radius 3 is 3.04 bits per heavy atom. The van der Waals surface area contributed by atoms with Gasteiger partial charge in [-0.25, -0.2) is 4.98 Å². The van der Waals surface area contributed by atoms with E-state index in [1.165, 1.54) is 10.9 Å². The van der Waals surface area contributed by atoms with E-state index in [2.05, 4.69) is 26.2 Å². The van der Waals surface area contributed by atoms with Crippen LogP contribution in [0, 0.1) is 5.92 Å². The Morgan fingerprint density at radius 2 is 2.29 bits per heavy atom. The number of carbonyl (C=O) groups excluding carboxylic acids is 1. The SMILES string of the molecule is O=C(C[C@@H]1CNCC[C@H]1O)Cn1cnc2cc(Cl)c(Br)cc2c1=O. The van der Waals surface area contributed by atoms with Crippen LogP contribution in [0.25, 0.3) is 10.9 Å². The van der Waals surface area contributed by atoms with Gasteiger partial charge in [-0.15, -0.1) is 0 Å². The van der Waals surface area contributed by atoms with Gasteiger partial charge in [0.05, 0.1) is 34.9 Å². The van der Waals surface area contributed by atoms with Crippen molar-refractivity contribution in [2.75, 3.05) is 13.1 Å². The number of nitrogens with one attached hydrogen (secondary N) is 1.